The first kappa shape index (κ1) is 5.13. The second-order valence-electron chi connectivity index (χ2n) is 1.62. The molecule has 0 saturated carbocycles. The van der Waals surface area contributed by atoms with E-state index in [1.807, 2.05) is 0 Å². The van der Waals surface area contributed by atoms with E-state index in [4.69, 9.17) is 4.11 Å². The Kier molecular flexibility index (Phi) is 1.31. The molecule has 0 aliphatic carbocycles. The maximum absolute atomic E-state index is 12.2. The van der Waals surface area contributed by atoms with Crippen LogP contribution in [0.3, 0.4) is 0 Å². The number of alkyl halides is 3. The van der Waals surface area contributed by atoms with Crippen LogP contribution in [0.15, 0.2) is 22.7 Å². The molecule has 0 aliphatic heterocycles. The topological polar surface area (TPSA) is 12.9 Å². The van der Waals surface area contributed by atoms with Gasteiger partial charge in [-0.15, -0.1) is 0 Å². The molecule has 0 bridgehead atoms. The summed E-state index contributed by atoms with van der Waals surface area (Å²) in [5.74, 6) is 0. The van der Waals surface area contributed by atoms with E-state index in [0.717, 1.165) is 0 Å². The SMILES string of the molecule is [2H]c1c(Br)nc(C(F)(F)F)c([2H])c1[2H]. The Bertz CT molecular complexity index is 380. The van der Waals surface area contributed by atoms with Crippen LogP contribution in [0.1, 0.15) is 9.81 Å². The smallest absolute Gasteiger partial charge is 0.236 e. The molecule has 1 nitrogen and oxygen atoms in total. The highest BCUT2D eigenvalue weighted by Gasteiger charge is 2.32. The predicted octanol–water partition coefficient (Wildman–Crippen LogP) is 2.86. The second-order valence-corrected chi connectivity index (χ2v) is 2.38. The molecule has 0 fully saturated rings. The molecule has 60 valence electrons. The highest BCUT2D eigenvalue weighted by atomic mass is 79.9. The Hall–Kier alpha value is -0.580. The maximum atomic E-state index is 12.2. The van der Waals surface area contributed by atoms with Crippen molar-refractivity contribution in [2.24, 2.45) is 0 Å². The van der Waals surface area contributed by atoms with Gasteiger partial charge < -0.3 is 0 Å². The van der Waals surface area contributed by atoms with Crippen molar-refractivity contribution in [3.8, 4) is 0 Å². The molecule has 0 aromatic carbocycles. The van der Waals surface area contributed by atoms with Crippen molar-refractivity contribution in [1.29, 1.82) is 0 Å². The van der Waals surface area contributed by atoms with Gasteiger partial charge in [-0.3, -0.25) is 0 Å². The zero-order valence-corrected chi connectivity index (χ0v) is 6.55. The number of hydrogen-bond acceptors (Lipinski definition) is 1. The van der Waals surface area contributed by atoms with E-state index < -0.39 is 30.0 Å². The van der Waals surface area contributed by atoms with Gasteiger partial charge in [-0.2, -0.15) is 13.2 Å². The van der Waals surface area contributed by atoms with Crippen molar-refractivity contribution >= 4 is 15.9 Å². The van der Waals surface area contributed by atoms with Crippen molar-refractivity contribution in [3.63, 3.8) is 0 Å². The summed E-state index contributed by atoms with van der Waals surface area (Å²) in [6.45, 7) is 0. The minimum atomic E-state index is -4.77. The molecular formula is C6H3BrF3N. The number of rotatable bonds is 0. The van der Waals surface area contributed by atoms with Crippen molar-refractivity contribution in [2.45, 2.75) is 6.18 Å². The van der Waals surface area contributed by atoms with Crippen molar-refractivity contribution in [3.05, 3.63) is 28.4 Å². The average Bonchev–Trinajstić information content (AvgIpc) is 2.06. The van der Waals surface area contributed by atoms with Crippen LogP contribution >= 0.6 is 15.9 Å². The second kappa shape index (κ2) is 2.81. The summed E-state index contributed by atoms with van der Waals surface area (Å²) >= 11 is 2.62. The largest absolute Gasteiger partial charge is 0.433 e. The molecular weight excluding hydrogens is 223 g/mol. The van der Waals surface area contributed by atoms with Gasteiger partial charge in [0.25, 0.3) is 0 Å². The lowest BCUT2D eigenvalue weighted by Crippen LogP contribution is -2.07. The van der Waals surface area contributed by atoms with Crippen LogP contribution in [0.2, 0.25) is 0 Å². The molecule has 0 saturated heterocycles. The molecule has 1 rings (SSSR count). The molecule has 0 atom stereocenters. The standard InChI is InChI=1S/C6H3BrF3N/c7-5-3-1-2-4(11-5)6(8,9)10/h1-3H/i1D,2D,3D. The van der Waals surface area contributed by atoms with Crippen LogP contribution < -0.4 is 0 Å². The van der Waals surface area contributed by atoms with Gasteiger partial charge in [0.2, 0.25) is 0 Å². The molecule has 0 N–H and O–H groups in total. The summed E-state index contributed by atoms with van der Waals surface area (Å²) in [6.07, 6.45) is -4.77. The average molecular weight is 229 g/mol. The lowest BCUT2D eigenvalue weighted by atomic mass is 10.3. The Morgan fingerprint density at radius 2 is 2.09 bits per heavy atom. The molecule has 5 heteroatoms. The van der Waals surface area contributed by atoms with Crippen molar-refractivity contribution in [2.75, 3.05) is 0 Å². The predicted molar refractivity (Wildman–Crippen MR) is 36.9 cm³/mol. The van der Waals surface area contributed by atoms with Crippen molar-refractivity contribution in [1.82, 2.24) is 4.98 Å². The molecule has 1 aromatic heterocycles. The Morgan fingerprint density at radius 3 is 2.64 bits per heavy atom. The fourth-order valence-electron chi connectivity index (χ4n) is 0.430. The van der Waals surface area contributed by atoms with Gasteiger partial charge in [0.1, 0.15) is 10.3 Å². The molecule has 1 heterocycles. The maximum Gasteiger partial charge on any atom is 0.433 e. The molecule has 0 amide bonds. The number of nitrogens with zero attached hydrogens (tertiary/aromatic N) is 1. The minimum absolute atomic E-state index is 0.383. The normalized spacial score (nSPS) is 15.5. The number of pyridine rings is 1. The zero-order valence-electron chi connectivity index (χ0n) is 7.96. The van der Waals surface area contributed by atoms with E-state index in [9.17, 15) is 13.2 Å². The Balaban J connectivity index is 3.49. The van der Waals surface area contributed by atoms with E-state index in [1.54, 1.807) is 0 Å². The molecule has 0 radical (unpaired) electrons. The lowest BCUT2D eigenvalue weighted by Gasteiger charge is -2.03. The Labute approximate surface area is 73.6 Å². The monoisotopic (exact) mass is 228 g/mol. The summed E-state index contributed by atoms with van der Waals surface area (Å²) in [5, 5.41) is 0. The fraction of sp³-hybridized carbons (Fsp3) is 0.167. The van der Waals surface area contributed by atoms with E-state index >= 15 is 0 Å². The number of aromatic nitrogens is 1. The van der Waals surface area contributed by atoms with Gasteiger partial charge in [-0.1, -0.05) is 6.04 Å². The van der Waals surface area contributed by atoms with E-state index in [-0.39, 0.29) is 4.60 Å². The molecule has 1 aromatic rings. The molecule has 0 spiro atoms. The zero-order chi connectivity index (χ0) is 11.1. The summed E-state index contributed by atoms with van der Waals surface area (Å²) in [5.41, 5.74) is -1.45. The number of hydrogen-bond donors (Lipinski definition) is 0. The third-order valence-electron chi connectivity index (χ3n) is 0.825. The van der Waals surface area contributed by atoms with E-state index in [0.29, 0.717) is 0 Å². The van der Waals surface area contributed by atoms with Gasteiger partial charge >= 0.3 is 6.18 Å². The Morgan fingerprint density at radius 1 is 1.45 bits per heavy atom. The van der Waals surface area contributed by atoms with Gasteiger partial charge in [0, 0.05) is 0 Å². The van der Waals surface area contributed by atoms with Crippen LogP contribution in [0, 0.1) is 0 Å². The highest BCUT2D eigenvalue weighted by Crippen LogP contribution is 2.27. The summed E-state index contributed by atoms with van der Waals surface area (Å²) < 4.78 is 57.3. The number of halogens is 4. The van der Waals surface area contributed by atoms with Crippen LogP contribution in [0.5, 0.6) is 0 Å². The van der Waals surface area contributed by atoms with Crippen LogP contribution in [-0.2, 0) is 6.18 Å². The van der Waals surface area contributed by atoms with Crippen LogP contribution in [0.4, 0.5) is 13.2 Å². The van der Waals surface area contributed by atoms with Gasteiger partial charge in [-0.05, 0) is 28.0 Å². The van der Waals surface area contributed by atoms with E-state index in [1.165, 1.54) is 0 Å². The highest BCUT2D eigenvalue weighted by molar-refractivity contribution is 9.10. The minimum Gasteiger partial charge on any atom is -0.236 e. The van der Waals surface area contributed by atoms with Crippen LogP contribution in [-0.4, -0.2) is 4.98 Å². The first-order valence-corrected chi connectivity index (χ1v) is 3.25. The molecule has 0 unspecified atom stereocenters. The van der Waals surface area contributed by atoms with Gasteiger partial charge in [-0.25, -0.2) is 4.98 Å². The van der Waals surface area contributed by atoms with Crippen LogP contribution in [0.25, 0.3) is 0 Å². The molecule has 0 aliphatic rings. The summed E-state index contributed by atoms with van der Waals surface area (Å²) in [6, 6.07) is -2.40. The quantitative estimate of drug-likeness (QED) is 0.623. The van der Waals surface area contributed by atoms with Gasteiger partial charge in [0.15, 0.2) is 0 Å². The lowest BCUT2D eigenvalue weighted by molar-refractivity contribution is -0.141. The van der Waals surface area contributed by atoms with E-state index in [2.05, 4.69) is 20.9 Å². The summed E-state index contributed by atoms with van der Waals surface area (Å²) in [7, 11) is 0. The van der Waals surface area contributed by atoms with Gasteiger partial charge in [0.05, 0.1) is 4.11 Å². The van der Waals surface area contributed by atoms with Crippen molar-refractivity contribution < 1.29 is 17.3 Å². The molecule has 11 heavy (non-hydrogen) atoms. The first-order chi connectivity index (χ1) is 6.25. The fourth-order valence-corrected chi connectivity index (χ4v) is 0.707. The third kappa shape index (κ3) is 2.18. The third-order valence-corrected chi connectivity index (χ3v) is 1.20. The summed E-state index contributed by atoms with van der Waals surface area (Å²) in [4.78, 5) is 3.00. The first-order valence-electron chi connectivity index (χ1n) is 3.95.